The van der Waals surface area contributed by atoms with Crippen molar-refractivity contribution in [1.29, 1.82) is 0 Å². The molecule has 1 N–H and O–H groups in total. The molecule has 0 saturated carbocycles. The second-order valence-corrected chi connectivity index (χ2v) is 7.41. The van der Waals surface area contributed by atoms with E-state index in [2.05, 4.69) is 24.0 Å². The molecule has 1 aromatic rings. The van der Waals surface area contributed by atoms with Crippen LogP contribution >= 0.6 is 11.8 Å². The Bertz CT molecular complexity index is 575. The van der Waals surface area contributed by atoms with Crippen LogP contribution in [0.4, 0.5) is 0 Å². The van der Waals surface area contributed by atoms with Gasteiger partial charge >= 0.3 is 0 Å². The van der Waals surface area contributed by atoms with Crippen LogP contribution in [0.25, 0.3) is 0 Å². The van der Waals surface area contributed by atoms with Gasteiger partial charge in [-0.15, -0.1) is 0 Å². The van der Waals surface area contributed by atoms with E-state index in [0.29, 0.717) is 36.4 Å². The lowest BCUT2D eigenvalue weighted by Gasteiger charge is -2.34. The minimum Gasteiger partial charge on any atom is -0.336 e. The molecular weight excluding hydrogens is 286 g/mol. The predicted octanol–water partition coefficient (Wildman–Crippen LogP) is 1.86. The number of H-pyrrole nitrogens is 1. The number of aromatic nitrogens is 2. The third-order valence-corrected chi connectivity index (χ3v) is 5.01. The van der Waals surface area contributed by atoms with Gasteiger partial charge in [-0.05, 0) is 18.4 Å². The number of nitrogens with zero attached hydrogens (tertiary/aromatic N) is 2. The zero-order valence-electron chi connectivity index (χ0n) is 13.1. The van der Waals surface area contributed by atoms with Crippen LogP contribution in [0, 0.1) is 0 Å². The van der Waals surface area contributed by atoms with E-state index in [-0.39, 0.29) is 17.0 Å². The fourth-order valence-electron chi connectivity index (χ4n) is 2.92. The SMILES string of the molecule is CCc1n[nH]c(=O)c(C(=O)N2C[C@@H](C)S[C@@H](C)C2)c1CC. The summed E-state index contributed by atoms with van der Waals surface area (Å²) < 4.78 is 0. The van der Waals surface area contributed by atoms with Gasteiger partial charge in [0, 0.05) is 23.6 Å². The Kier molecular flexibility index (Phi) is 5.08. The Labute approximate surface area is 129 Å². The van der Waals surface area contributed by atoms with E-state index < -0.39 is 0 Å². The van der Waals surface area contributed by atoms with Gasteiger partial charge in [0.15, 0.2) is 0 Å². The molecule has 0 bridgehead atoms. The van der Waals surface area contributed by atoms with Crippen LogP contribution < -0.4 is 5.56 Å². The van der Waals surface area contributed by atoms with Gasteiger partial charge in [-0.3, -0.25) is 9.59 Å². The highest BCUT2D eigenvalue weighted by molar-refractivity contribution is 8.00. The Morgan fingerprint density at radius 3 is 2.43 bits per heavy atom. The van der Waals surface area contributed by atoms with Crippen LogP contribution in [0.15, 0.2) is 4.79 Å². The number of nitrogens with one attached hydrogen (secondary N) is 1. The normalized spacial score (nSPS) is 22.4. The zero-order chi connectivity index (χ0) is 15.6. The van der Waals surface area contributed by atoms with Crippen molar-refractivity contribution in [2.24, 2.45) is 0 Å². The smallest absolute Gasteiger partial charge is 0.277 e. The first kappa shape index (κ1) is 16.1. The molecule has 5 nitrogen and oxygen atoms in total. The number of carbonyl (C=O) groups excluding carboxylic acids is 1. The van der Waals surface area contributed by atoms with Crippen molar-refractivity contribution in [2.75, 3.05) is 13.1 Å². The third-order valence-electron chi connectivity index (χ3n) is 3.78. The summed E-state index contributed by atoms with van der Waals surface area (Å²) in [6.07, 6.45) is 1.36. The van der Waals surface area contributed by atoms with Crippen molar-refractivity contribution in [3.05, 3.63) is 27.2 Å². The molecule has 0 unspecified atom stereocenters. The molecule has 2 heterocycles. The number of rotatable bonds is 3. The Hall–Kier alpha value is -1.30. The summed E-state index contributed by atoms with van der Waals surface area (Å²) >= 11 is 1.89. The number of hydrogen-bond acceptors (Lipinski definition) is 4. The summed E-state index contributed by atoms with van der Waals surface area (Å²) in [4.78, 5) is 26.8. The van der Waals surface area contributed by atoms with Crippen molar-refractivity contribution in [3.63, 3.8) is 0 Å². The Balaban J connectivity index is 2.41. The minimum absolute atomic E-state index is 0.149. The van der Waals surface area contributed by atoms with Gasteiger partial charge in [-0.2, -0.15) is 16.9 Å². The largest absolute Gasteiger partial charge is 0.336 e. The van der Waals surface area contributed by atoms with Crippen LogP contribution in [-0.2, 0) is 12.8 Å². The standard InChI is InChI=1S/C15H23N3O2S/c1-5-11-12(6-2)16-17-14(19)13(11)15(20)18-7-9(3)21-10(4)8-18/h9-10H,5-8H2,1-4H3,(H,17,19)/t9-,10+. The van der Waals surface area contributed by atoms with Crippen LogP contribution in [0.1, 0.15) is 49.3 Å². The second kappa shape index (κ2) is 6.64. The molecule has 6 heteroatoms. The van der Waals surface area contributed by atoms with E-state index >= 15 is 0 Å². The van der Waals surface area contributed by atoms with E-state index in [9.17, 15) is 9.59 Å². The van der Waals surface area contributed by atoms with Gasteiger partial charge < -0.3 is 4.90 Å². The maximum atomic E-state index is 12.8. The summed E-state index contributed by atoms with van der Waals surface area (Å²) in [5.41, 5.74) is 1.53. The van der Waals surface area contributed by atoms with Crippen molar-refractivity contribution < 1.29 is 4.79 Å². The highest BCUT2D eigenvalue weighted by Crippen LogP contribution is 2.26. The molecule has 1 amide bonds. The molecule has 116 valence electrons. The van der Waals surface area contributed by atoms with Gasteiger partial charge in [0.2, 0.25) is 0 Å². The van der Waals surface area contributed by atoms with Crippen LogP contribution in [0.5, 0.6) is 0 Å². The number of carbonyl (C=O) groups is 1. The molecule has 1 aliphatic heterocycles. The first-order chi connectivity index (χ1) is 9.97. The summed E-state index contributed by atoms with van der Waals surface area (Å²) in [5.74, 6) is -0.149. The molecule has 0 spiro atoms. The van der Waals surface area contributed by atoms with E-state index in [1.165, 1.54) is 0 Å². The highest BCUT2D eigenvalue weighted by atomic mass is 32.2. The zero-order valence-corrected chi connectivity index (χ0v) is 13.9. The first-order valence-electron chi connectivity index (χ1n) is 7.53. The number of thioether (sulfide) groups is 1. The average Bonchev–Trinajstić information content (AvgIpc) is 2.45. The Morgan fingerprint density at radius 1 is 1.29 bits per heavy atom. The van der Waals surface area contributed by atoms with Gasteiger partial charge in [-0.25, -0.2) is 5.10 Å². The number of amides is 1. The lowest BCUT2D eigenvalue weighted by Crippen LogP contribution is -2.46. The van der Waals surface area contributed by atoms with Gasteiger partial charge in [0.05, 0.1) is 5.69 Å². The summed E-state index contributed by atoms with van der Waals surface area (Å²) in [5, 5.41) is 7.35. The lowest BCUT2D eigenvalue weighted by molar-refractivity contribution is 0.0750. The molecule has 1 fully saturated rings. The second-order valence-electron chi connectivity index (χ2n) is 5.53. The van der Waals surface area contributed by atoms with Gasteiger partial charge in [-0.1, -0.05) is 27.7 Å². The number of aromatic amines is 1. The van der Waals surface area contributed by atoms with Crippen molar-refractivity contribution in [1.82, 2.24) is 15.1 Å². The van der Waals surface area contributed by atoms with Crippen LogP contribution in [0.3, 0.4) is 0 Å². The van der Waals surface area contributed by atoms with Gasteiger partial charge in [0.1, 0.15) is 5.56 Å². The third kappa shape index (κ3) is 3.31. The topological polar surface area (TPSA) is 66.1 Å². The molecule has 1 saturated heterocycles. The van der Waals surface area contributed by atoms with E-state index in [1.54, 1.807) is 0 Å². The molecule has 2 rings (SSSR count). The van der Waals surface area contributed by atoms with E-state index in [0.717, 1.165) is 11.3 Å². The van der Waals surface area contributed by atoms with E-state index in [4.69, 9.17) is 0 Å². The molecule has 0 radical (unpaired) electrons. The monoisotopic (exact) mass is 309 g/mol. The molecule has 1 aromatic heterocycles. The van der Waals surface area contributed by atoms with E-state index in [1.807, 2.05) is 30.5 Å². The maximum absolute atomic E-state index is 12.8. The van der Waals surface area contributed by atoms with Crippen molar-refractivity contribution >= 4 is 17.7 Å². The molecule has 0 aromatic carbocycles. The molecule has 1 aliphatic rings. The minimum atomic E-state index is -0.368. The fourth-order valence-corrected chi connectivity index (χ4v) is 4.25. The predicted molar refractivity (Wildman–Crippen MR) is 86.0 cm³/mol. The van der Waals surface area contributed by atoms with Crippen LogP contribution in [-0.4, -0.2) is 44.6 Å². The molecule has 2 atom stereocenters. The van der Waals surface area contributed by atoms with Crippen LogP contribution in [0.2, 0.25) is 0 Å². The molecular formula is C15H23N3O2S. The fraction of sp³-hybridized carbons (Fsp3) is 0.667. The lowest BCUT2D eigenvalue weighted by atomic mass is 10.0. The van der Waals surface area contributed by atoms with Gasteiger partial charge in [0.25, 0.3) is 11.5 Å². The average molecular weight is 309 g/mol. The summed E-state index contributed by atoms with van der Waals surface area (Å²) in [7, 11) is 0. The highest BCUT2D eigenvalue weighted by Gasteiger charge is 2.29. The molecule has 21 heavy (non-hydrogen) atoms. The van der Waals surface area contributed by atoms with Crippen molar-refractivity contribution in [2.45, 2.75) is 51.0 Å². The first-order valence-corrected chi connectivity index (χ1v) is 8.47. The Morgan fingerprint density at radius 2 is 1.90 bits per heavy atom. The maximum Gasteiger partial charge on any atom is 0.277 e. The van der Waals surface area contributed by atoms with Crippen molar-refractivity contribution in [3.8, 4) is 0 Å². The summed E-state index contributed by atoms with van der Waals surface area (Å²) in [6.45, 7) is 9.57. The number of aryl methyl sites for hydroxylation is 1. The quantitative estimate of drug-likeness (QED) is 0.925. The summed E-state index contributed by atoms with van der Waals surface area (Å²) in [6, 6.07) is 0. The number of hydrogen-bond donors (Lipinski definition) is 1. The molecule has 0 aliphatic carbocycles.